The van der Waals surface area contributed by atoms with E-state index in [0.717, 1.165) is 15.7 Å². The van der Waals surface area contributed by atoms with Crippen LogP contribution >= 0.6 is 11.8 Å². The van der Waals surface area contributed by atoms with Crippen LogP contribution in [0.5, 0.6) is 5.75 Å². The molecule has 0 fully saturated rings. The van der Waals surface area contributed by atoms with E-state index in [-0.39, 0.29) is 5.75 Å². The third-order valence-corrected chi connectivity index (χ3v) is 2.88. The molecule has 0 saturated carbocycles. The monoisotopic (exact) mass is 189 g/mol. The number of fused-ring (bicyclic) bond motifs is 1. The van der Waals surface area contributed by atoms with Crippen LogP contribution in [0.2, 0.25) is 0 Å². The fraction of sp³-hybridized carbons (Fsp3) is 0.0909. The molecule has 0 atom stereocenters. The zero-order valence-electron chi connectivity index (χ0n) is 7.28. The van der Waals surface area contributed by atoms with Crippen LogP contribution in [0, 0.1) is 0 Å². The molecule has 0 aliphatic heterocycles. The van der Waals surface area contributed by atoms with E-state index < -0.39 is 0 Å². The van der Waals surface area contributed by atoms with Crippen LogP contribution in [0.15, 0.2) is 41.3 Å². The molecule has 1 radical (unpaired) electrons. The largest absolute Gasteiger partial charge is 0.289 e. The van der Waals surface area contributed by atoms with Gasteiger partial charge in [0.25, 0.3) is 0 Å². The van der Waals surface area contributed by atoms with Crippen LogP contribution in [0.25, 0.3) is 10.8 Å². The van der Waals surface area contributed by atoms with Crippen LogP contribution in [-0.4, -0.2) is 6.26 Å². The lowest BCUT2D eigenvalue weighted by Crippen LogP contribution is -1.76. The summed E-state index contributed by atoms with van der Waals surface area (Å²) in [5.74, 6) is 0.117. The highest BCUT2D eigenvalue weighted by Crippen LogP contribution is 2.34. The lowest BCUT2D eigenvalue weighted by atomic mass is 10.1. The first-order chi connectivity index (χ1) is 6.33. The minimum absolute atomic E-state index is 0.117. The molecule has 2 aromatic rings. The second-order valence-electron chi connectivity index (χ2n) is 2.82. The lowest BCUT2D eigenvalue weighted by Gasteiger charge is -2.03. The standard InChI is InChI=1S/C11H9OS/c1-13-11-9-5-3-2-4-8(9)6-7-10(11)12/h2-7H,1H3. The molecule has 13 heavy (non-hydrogen) atoms. The minimum atomic E-state index is 0.117. The topological polar surface area (TPSA) is 19.9 Å². The lowest BCUT2D eigenvalue weighted by molar-refractivity contribution is 0.346. The van der Waals surface area contributed by atoms with E-state index in [4.69, 9.17) is 0 Å². The van der Waals surface area contributed by atoms with Crippen molar-refractivity contribution in [3.05, 3.63) is 36.4 Å². The average Bonchev–Trinajstić information content (AvgIpc) is 2.18. The highest BCUT2D eigenvalue weighted by Gasteiger charge is 2.05. The van der Waals surface area contributed by atoms with E-state index >= 15 is 0 Å². The first-order valence-electron chi connectivity index (χ1n) is 4.05. The third kappa shape index (κ3) is 1.38. The molecule has 0 aromatic heterocycles. The molecular formula is C11H9OS. The highest BCUT2D eigenvalue weighted by molar-refractivity contribution is 7.99. The van der Waals surface area contributed by atoms with Gasteiger partial charge in [-0.25, -0.2) is 0 Å². The summed E-state index contributed by atoms with van der Waals surface area (Å²) in [5.41, 5.74) is 0. The average molecular weight is 189 g/mol. The van der Waals surface area contributed by atoms with Gasteiger partial charge in [0, 0.05) is 0 Å². The molecular weight excluding hydrogens is 180 g/mol. The van der Waals surface area contributed by atoms with Gasteiger partial charge in [0.2, 0.25) is 0 Å². The zero-order valence-corrected chi connectivity index (χ0v) is 8.10. The second-order valence-corrected chi connectivity index (χ2v) is 3.63. The number of thioether (sulfide) groups is 1. The Morgan fingerprint density at radius 2 is 1.85 bits per heavy atom. The van der Waals surface area contributed by atoms with Gasteiger partial charge < -0.3 is 0 Å². The van der Waals surface area contributed by atoms with Crippen LogP contribution in [0.3, 0.4) is 0 Å². The molecule has 0 N–H and O–H groups in total. The molecule has 0 spiro atoms. The molecule has 0 heterocycles. The van der Waals surface area contributed by atoms with E-state index in [1.165, 1.54) is 11.8 Å². The smallest absolute Gasteiger partial charge is 0.192 e. The minimum Gasteiger partial charge on any atom is -0.289 e. The molecule has 65 valence electrons. The van der Waals surface area contributed by atoms with Crippen LogP contribution in [-0.2, 0) is 5.11 Å². The summed E-state index contributed by atoms with van der Waals surface area (Å²) in [6.45, 7) is 0. The Morgan fingerprint density at radius 1 is 1.08 bits per heavy atom. The maximum Gasteiger partial charge on any atom is 0.192 e. The van der Waals surface area contributed by atoms with Gasteiger partial charge in [-0.1, -0.05) is 30.3 Å². The first-order valence-corrected chi connectivity index (χ1v) is 5.28. The quantitative estimate of drug-likeness (QED) is 0.626. The van der Waals surface area contributed by atoms with Gasteiger partial charge in [-0.05, 0) is 23.1 Å². The molecule has 2 rings (SSSR count). The van der Waals surface area contributed by atoms with Crippen molar-refractivity contribution in [1.29, 1.82) is 0 Å². The van der Waals surface area contributed by atoms with Gasteiger partial charge in [0.1, 0.15) is 0 Å². The van der Waals surface area contributed by atoms with Gasteiger partial charge in [0.05, 0.1) is 4.90 Å². The molecule has 0 aliphatic rings. The summed E-state index contributed by atoms with van der Waals surface area (Å²) >= 11 is 1.51. The summed E-state index contributed by atoms with van der Waals surface area (Å²) in [6, 6.07) is 11.5. The molecule has 0 unspecified atom stereocenters. The summed E-state index contributed by atoms with van der Waals surface area (Å²) in [4.78, 5) is 0.845. The number of hydrogen-bond donors (Lipinski definition) is 0. The molecule has 0 saturated heterocycles. The van der Waals surface area contributed by atoms with Crippen molar-refractivity contribution < 1.29 is 5.11 Å². The maximum absolute atomic E-state index is 11.4. The van der Waals surface area contributed by atoms with E-state index in [0.29, 0.717) is 0 Å². The van der Waals surface area contributed by atoms with Gasteiger partial charge >= 0.3 is 0 Å². The van der Waals surface area contributed by atoms with Gasteiger partial charge in [0.15, 0.2) is 5.75 Å². The summed E-state index contributed by atoms with van der Waals surface area (Å²) in [5, 5.41) is 13.6. The Balaban J connectivity index is 2.84. The van der Waals surface area contributed by atoms with Crippen molar-refractivity contribution in [1.82, 2.24) is 0 Å². The Morgan fingerprint density at radius 3 is 2.62 bits per heavy atom. The fourth-order valence-electron chi connectivity index (χ4n) is 1.43. The zero-order chi connectivity index (χ0) is 9.26. The molecule has 0 amide bonds. The number of rotatable bonds is 1. The van der Waals surface area contributed by atoms with Crippen molar-refractivity contribution in [2.75, 3.05) is 6.26 Å². The third-order valence-electron chi connectivity index (χ3n) is 2.05. The number of hydrogen-bond acceptors (Lipinski definition) is 1. The Hall–Kier alpha value is -1.15. The maximum atomic E-state index is 11.4. The molecule has 0 bridgehead atoms. The van der Waals surface area contributed by atoms with E-state index in [2.05, 4.69) is 0 Å². The SMILES string of the molecule is CSc1c([O])ccc2ccccc12. The van der Waals surface area contributed by atoms with E-state index in [1.807, 2.05) is 36.6 Å². The molecule has 2 aromatic carbocycles. The molecule has 0 aliphatic carbocycles. The summed E-state index contributed by atoms with van der Waals surface area (Å²) in [7, 11) is 0. The van der Waals surface area contributed by atoms with Crippen molar-refractivity contribution in [2.45, 2.75) is 4.90 Å². The van der Waals surface area contributed by atoms with E-state index in [9.17, 15) is 5.11 Å². The normalized spacial score (nSPS) is 10.5. The Kier molecular flexibility index (Phi) is 2.15. The van der Waals surface area contributed by atoms with Crippen molar-refractivity contribution in [3.8, 4) is 5.75 Å². The van der Waals surface area contributed by atoms with Crippen LogP contribution < -0.4 is 0 Å². The highest BCUT2D eigenvalue weighted by atomic mass is 32.2. The van der Waals surface area contributed by atoms with Gasteiger partial charge in [-0.3, -0.25) is 5.11 Å². The molecule has 1 nitrogen and oxygen atoms in total. The van der Waals surface area contributed by atoms with Crippen molar-refractivity contribution in [3.63, 3.8) is 0 Å². The van der Waals surface area contributed by atoms with Gasteiger partial charge in [-0.15, -0.1) is 11.8 Å². The predicted molar refractivity (Wildman–Crippen MR) is 55.9 cm³/mol. The van der Waals surface area contributed by atoms with Crippen molar-refractivity contribution in [2.24, 2.45) is 0 Å². The second kappa shape index (κ2) is 3.30. The van der Waals surface area contributed by atoms with E-state index in [1.54, 1.807) is 6.07 Å². The van der Waals surface area contributed by atoms with Crippen molar-refractivity contribution >= 4 is 22.5 Å². The van der Waals surface area contributed by atoms with Gasteiger partial charge in [-0.2, -0.15) is 0 Å². The predicted octanol–water partition coefficient (Wildman–Crippen LogP) is 3.71. The van der Waals surface area contributed by atoms with Crippen LogP contribution in [0.4, 0.5) is 0 Å². The first kappa shape index (κ1) is 8.45. The fourth-order valence-corrected chi connectivity index (χ4v) is 2.11. The summed E-state index contributed by atoms with van der Waals surface area (Å²) < 4.78 is 0. The Bertz CT molecular complexity index is 437. The van der Waals surface area contributed by atoms with Crippen LogP contribution in [0.1, 0.15) is 0 Å². The number of benzene rings is 2. The molecule has 2 heteroatoms. The Labute approximate surface area is 81.4 Å². The summed E-state index contributed by atoms with van der Waals surface area (Å²) in [6.07, 6.45) is 1.93.